The molecule has 0 fully saturated rings. The summed E-state index contributed by atoms with van der Waals surface area (Å²) in [6, 6.07) is 10.2. The van der Waals surface area contributed by atoms with Crippen LogP contribution in [0.15, 0.2) is 30.3 Å². The second kappa shape index (κ2) is 9.30. The molecule has 0 aliphatic heterocycles. The highest BCUT2D eigenvalue weighted by Crippen LogP contribution is 2.25. The van der Waals surface area contributed by atoms with Gasteiger partial charge in [0.1, 0.15) is 16.9 Å². The van der Waals surface area contributed by atoms with Crippen molar-refractivity contribution in [3.63, 3.8) is 0 Å². The molecule has 0 unspecified atom stereocenters. The van der Waals surface area contributed by atoms with E-state index in [1.54, 1.807) is 0 Å². The molecule has 3 rings (SSSR count). The topological polar surface area (TPSA) is 92.9 Å². The fourth-order valence-electron chi connectivity index (χ4n) is 3.27. The van der Waals surface area contributed by atoms with Crippen molar-refractivity contribution in [1.29, 1.82) is 0 Å². The van der Waals surface area contributed by atoms with Gasteiger partial charge in [-0.1, -0.05) is 43.7 Å². The molecule has 3 aromatic rings. The molecule has 2 aromatic heterocycles. The average Bonchev–Trinajstić information content (AvgIpc) is 3.00. The van der Waals surface area contributed by atoms with E-state index in [-0.39, 0.29) is 6.42 Å². The van der Waals surface area contributed by atoms with Crippen molar-refractivity contribution in [2.45, 2.75) is 52.0 Å². The maximum Gasteiger partial charge on any atom is 0.303 e. The van der Waals surface area contributed by atoms with Crippen molar-refractivity contribution in [2.24, 2.45) is 7.05 Å². The Bertz CT molecular complexity index is 937. The predicted octanol–water partition coefficient (Wildman–Crippen LogP) is 3.73. The first kappa shape index (κ1) is 19.8. The second-order valence-electron chi connectivity index (χ2n) is 6.95. The number of carbonyl (C=O) groups is 1. The molecule has 0 atom stereocenters. The minimum atomic E-state index is -0.765. The summed E-state index contributed by atoms with van der Waals surface area (Å²) in [4.78, 5) is 20.2. The first-order valence-electron chi connectivity index (χ1n) is 9.80. The summed E-state index contributed by atoms with van der Waals surface area (Å²) in [5.74, 6) is 0.748. The fraction of sp³-hybridized carbons (Fsp3) is 0.429. The summed E-state index contributed by atoms with van der Waals surface area (Å²) < 4.78 is 1.85. The molecule has 2 heterocycles. The molecule has 148 valence electrons. The standard InChI is InChI=1S/C21H27N5O2/c1-3-9-16-19-20(26(2)25-16)21(22-14-15-10-5-4-6-11-15)24-17(23-19)12-7-8-13-18(27)28/h4-6,10-11H,3,7-9,12-14H2,1-2H3,(H,27,28)(H,22,23,24). The molecule has 0 aliphatic carbocycles. The summed E-state index contributed by atoms with van der Waals surface area (Å²) in [7, 11) is 1.92. The number of aliphatic carboxylic acids is 1. The minimum absolute atomic E-state index is 0.176. The number of nitrogens with zero attached hydrogens (tertiary/aromatic N) is 4. The Hall–Kier alpha value is -2.96. The summed E-state index contributed by atoms with van der Waals surface area (Å²) >= 11 is 0. The Balaban J connectivity index is 1.88. The van der Waals surface area contributed by atoms with Crippen LogP contribution < -0.4 is 5.32 Å². The zero-order valence-corrected chi connectivity index (χ0v) is 16.5. The van der Waals surface area contributed by atoms with Gasteiger partial charge >= 0.3 is 5.97 Å². The van der Waals surface area contributed by atoms with Crippen LogP contribution in [0.5, 0.6) is 0 Å². The van der Waals surface area contributed by atoms with E-state index in [1.165, 1.54) is 5.56 Å². The third-order valence-corrected chi connectivity index (χ3v) is 4.63. The Labute approximate surface area is 164 Å². The normalized spacial score (nSPS) is 11.1. The van der Waals surface area contributed by atoms with Gasteiger partial charge in [0.15, 0.2) is 5.82 Å². The first-order valence-corrected chi connectivity index (χ1v) is 9.80. The zero-order valence-electron chi connectivity index (χ0n) is 16.5. The van der Waals surface area contributed by atoms with Crippen LogP contribution in [0, 0.1) is 0 Å². The molecule has 0 bridgehead atoms. The van der Waals surface area contributed by atoms with E-state index >= 15 is 0 Å². The second-order valence-corrected chi connectivity index (χ2v) is 6.95. The van der Waals surface area contributed by atoms with Crippen LogP contribution in [-0.4, -0.2) is 30.8 Å². The van der Waals surface area contributed by atoms with Crippen molar-refractivity contribution in [3.05, 3.63) is 47.4 Å². The molecule has 0 amide bonds. The molecule has 0 saturated carbocycles. The number of aromatic nitrogens is 4. The number of unbranched alkanes of at least 4 members (excludes halogenated alkanes) is 1. The van der Waals surface area contributed by atoms with Crippen LogP contribution in [0.4, 0.5) is 5.82 Å². The SMILES string of the molecule is CCCc1nn(C)c2c(NCc3ccccc3)nc(CCCCC(=O)O)nc12. The third-order valence-electron chi connectivity index (χ3n) is 4.63. The van der Waals surface area contributed by atoms with Crippen molar-refractivity contribution < 1.29 is 9.90 Å². The number of rotatable bonds is 10. The van der Waals surface area contributed by atoms with Crippen molar-refractivity contribution in [2.75, 3.05) is 5.32 Å². The number of benzene rings is 1. The molecule has 0 radical (unpaired) electrons. The van der Waals surface area contributed by atoms with Gasteiger partial charge in [-0.25, -0.2) is 9.97 Å². The number of carboxylic acids is 1. The number of anilines is 1. The largest absolute Gasteiger partial charge is 0.481 e. The quantitative estimate of drug-likeness (QED) is 0.520. The van der Waals surface area contributed by atoms with Crippen molar-refractivity contribution >= 4 is 22.8 Å². The Morgan fingerprint density at radius 3 is 2.64 bits per heavy atom. The lowest BCUT2D eigenvalue weighted by Crippen LogP contribution is -2.07. The van der Waals surface area contributed by atoms with E-state index in [0.29, 0.717) is 19.4 Å². The highest BCUT2D eigenvalue weighted by Gasteiger charge is 2.16. The van der Waals surface area contributed by atoms with Crippen LogP contribution in [0.2, 0.25) is 0 Å². The number of carboxylic acid groups (broad SMARTS) is 1. The molecule has 1 aromatic carbocycles. The fourth-order valence-corrected chi connectivity index (χ4v) is 3.27. The molecule has 0 spiro atoms. The van der Waals surface area contributed by atoms with Crippen LogP contribution in [0.3, 0.4) is 0 Å². The number of nitrogens with one attached hydrogen (secondary N) is 1. The van der Waals surface area contributed by atoms with E-state index in [9.17, 15) is 4.79 Å². The Morgan fingerprint density at radius 2 is 1.93 bits per heavy atom. The van der Waals surface area contributed by atoms with Gasteiger partial charge < -0.3 is 10.4 Å². The smallest absolute Gasteiger partial charge is 0.303 e. The molecule has 7 heteroatoms. The summed E-state index contributed by atoms with van der Waals surface area (Å²) in [5.41, 5.74) is 3.96. The lowest BCUT2D eigenvalue weighted by molar-refractivity contribution is -0.137. The lowest BCUT2D eigenvalue weighted by Gasteiger charge is -2.10. The van der Waals surface area contributed by atoms with Gasteiger partial charge in [0.25, 0.3) is 0 Å². The van der Waals surface area contributed by atoms with E-state index in [0.717, 1.165) is 47.6 Å². The number of hydrogen-bond donors (Lipinski definition) is 2. The molecule has 7 nitrogen and oxygen atoms in total. The van der Waals surface area contributed by atoms with Crippen LogP contribution in [-0.2, 0) is 31.2 Å². The monoisotopic (exact) mass is 381 g/mol. The number of fused-ring (bicyclic) bond motifs is 1. The summed E-state index contributed by atoms with van der Waals surface area (Å²) in [6.07, 6.45) is 4.07. The number of hydrogen-bond acceptors (Lipinski definition) is 5. The Morgan fingerprint density at radius 1 is 1.14 bits per heavy atom. The maximum absolute atomic E-state index is 10.7. The molecule has 28 heavy (non-hydrogen) atoms. The highest BCUT2D eigenvalue weighted by molar-refractivity contribution is 5.87. The van der Waals surface area contributed by atoms with E-state index in [1.807, 2.05) is 29.9 Å². The minimum Gasteiger partial charge on any atom is -0.481 e. The first-order chi connectivity index (χ1) is 13.6. The molecule has 0 saturated heterocycles. The van der Waals surface area contributed by atoms with Gasteiger partial charge in [-0.2, -0.15) is 5.10 Å². The Kier molecular flexibility index (Phi) is 6.57. The van der Waals surface area contributed by atoms with Gasteiger partial charge in [-0.15, -0.1) is 0 Å². The highest BCUT2D eigenvalue weighted by atomic mass is 16.4. The van der Waals surface area contributed by atoms with E-state index < -0.39 is 5.97 Å². The number of aryl methyl sites for hydroxylation is 3. The summed E-state index contributed by atoms with van der Waals surface area (Å²) in [5, 5.41) is 16.9. The van der Waals surface area contributed by atoms with Crippen LogP contribution in [0.25, 0.3) is 11.0 Å². The third kappa shape index (κ3) is 4.85. The molecule has 0 aliphatic rings. The van der Waals surface area contributed by atoms with Gasteiger partial charge in [-0.05, 0) is 24.8 Å². The van der Waals surface area contributed by atoms with Gasteiger partial charge in [-0.3, -0.25) is 9.48 Å². The lowest BCUT2D eigenvalue weighted by atomic mass is 10.1. The van der Waals surface area contributed by atoms with Crippen molar-refractivity contribution in [1.82, 2.24) is 19.7 Å². The molecule has 2 N–H and O–H groups in total. The average molecular weight is 381 g/mol. The maximum atomic E-state index is 10.7. The van der Waals surface area contributed by atoms with E-state index in [4.69, 9.17) is 15.1 Å². The van der Waals surface area contributed by atoms with E-state index in [2.05, 4.69) is 29.5 Å². The predicted molar refractivity (Wildman–Crippen MR) is 109 cm³/mol. The van der Waals surface area contributed by atoms with Gasteiger partial charge in [0.2, 0.25) is 0 Å². The van der Waals surface area contributed by atoms with Crippen LogP contribution >= 0.6 is 0 Å². The molecular formula is C21H27N5O2. The van der Waals surface area contributed by atoms with Crippen LogP contribution in [0.1, 0.15) is 49.7 Å². The molecular weight excluding hydrogens is 354 g/mol. The van der Waals surface area contributed by atoms with Gasteiger partial charge in [0, 0.05) is 26.4 Å². The summed E-state index contributed by atoms with van der Waals surface area (Å²) in [6.45, 7) is 2.79. The van der Waals surface area contributed by atoms with Crippen molar-refractivity contribution in [3.8, 4) is 0 Å². The van der Waals surface area contributed by atoms with Gasteiger partial charge in [0.05, 0.1) is 5.69 Å². The zero-order chi connectivity index (χ0) is 19.9.